The summed E-state index contributed by atoms with van der Waals surface area (Å²) in [5.41, 5.74) is 3.23. The molecule has 1 atom stereocenters. The van der Waals surface area contributed by atoms with Crippen LogP contribution in [0.1, 0.15) is 31.1 Å². The lowest BCUT2D eigenvalue weighted by molar-refractivity contribution is 0.162. The summed E-state index contributed by atoms with van der Waals surface area (Å²) < 4.78 is 0.675. The van der Waals surface area contributed by atoms with Crippen molar-refractivity contribution in [3.63, 3.8) is 0 Å². The lowest BCUT2D eigenvalue weighted by Gasteiger charge is -2.28. The lowest BCUT2D eigenvalue weighted by Crippen LogP contribution is -2.43. The fourth-order valence-corrected chi connectivity index (χ4v) is 4.16. The number of aliphatic hydroxyl groups excluding tert-OH is 1. The molecular weight excluding hydrogens is 374 g/mol. The van der Waals surface area contributed by atoms with Crippen molar-refractivity contribution in [2.75, 3.05) is 25.5 Å². The fourth-order valence-electron chi connectivity index (χ4n) is 3.29. The van der Waals surface area contributed by atoms with Crippen LogP contribution in [0.4, 0.5) is 5.69 Å². The quantitative estimate of drug-likeness (QED) is 0.489. The summed E-state index contributed by atoms with van der Waals surface area (Å²) in [5.74, 6) is 0.0239. The largest absolute Gasteiger partial charge is 0.508 e. The number of benzene rings is 2. The Labute approximate surface area is 168 Å². The van der Waals surface area contributed by atoms with Gasteiger partial charge in [0.1, 0.15) is 5.75 Å². The topological polar surface area (TPSA) is 88.6 Å². The van der Waals surface area contributed by atoms with E-state index in [4.69, 9.17) is 0 Å². The number of H-pyrrole nitrogens is 1. The first-order chi connectivity index (χ1) is 13.1. The van der Waals surface area contributed by atoms with Crippen LogP contribution in [-0.2, 0) is 6.42 Å². The molecule has 0 radical (unpaired) electrons. The van der Waals surface area contributed by atoms with Gasteiger partial charge in [0.15, 0.2) is 0 Å². The third kappa shape index (κ3) is 4.73. The molecule has 3 aromatic rings. The van der Waals surface area contributed by atoms with Crippen molar-refractivity contribution >= 4 is 27.2 Å². The number of thiazole rings is 1. The van der Waals surface area contributed by atoms with Gasteiger partial charge in [-0.3, -0.25) is 4.79 Å². The van der Waals surface area contributed by atoms with E-state index in [1.165, 1.54) is 17.7 Å². The number of hydrogen-bond donors (Lipinski definition) is 4. The minimum absolute atomic E-state index is 0.0239. The number of fused-ring (bicyclic) bond motifs is 1. The van der Waals surface area contributed by atoms with Crippen LogP contribution in [0.15, 0.2) is 41.2 Å². The molecule has 0 spiro atoms. The number of anilines is 1. The first kappa shape index (κ1) is 20.4. The Kier molecular flexibility index (Phi) is 5.79. The van der Waals surface area contributed by atoms with E-state index in [1.54, 1.807) is 0 Å². The number of nitrogens with one attached hydrogen (secondary N) is 2. The van der Waals surface area contributed by atoms with Gasteiger partial charge in [-0.2, -0.15) is 0 Å². The number of phenols is 1. The number of hydrogen-bond acceptors (Lipinski definition) is 6. The van der Waals surface area contributed by atoms with E-state index in [1.807, 2.05) is 14.1 Å². The maximum absolute atomic E-state index is 11.6. The van der Waals surface area contributed by atoms with E-state index in [0.29, 0.717) is 22.3 Å². The maximum atomic E-state index is 11.6. The third-order valence-corrected chi connectivity index (χ3v) is 5.71. The summed E-state index contributed by atoms with van der Waals surface area (Å²) in [4.78, 5) is 16.2. The number of rotatable bonds is 7. The van der Waals surface area contributed by atoms with Crippen molar-refractivity contribution < 1.29 is 10.2 Å². The van der Waals surface area contributed by atoms with Crippen molar-refractivity contribution in [1.29, 1.82) is 0 Å². The highest BCUT2D eigenvalue weighted by atomic mass is 32.1. The van der Waals surface area contributed by atoms with Crippen molar-refractivity contribution in [1.82, 2.24) is 10.3 Å². The molecule has 3 rings (SSSR count). The van der Waals surface area contributed by atoms with E-state index in [-0.39, 0.29) is 16.2 Å². The lowest BCUT2D eigenvalue weighted by atomic mass is 9.94. The highest BCUT2D eigenvalue weighted by Gasteiger charge is 2.22. The molecule has 1 unspecified atom stereocenters. The minimum atomic E-state index is -0.837. The molecule has 6 nitrogen and oxygen atoms in total. The van der Waals surface area contributed by atoms with Gasteiger partial charge < -0.3 is 25.4 Å². The highest BCUT2D eigenvalue weighted by molar-refractivity contribution is 7.16. The second kappa shape index (κ2) is 7.95. The number of aromatic hydroxyl groups is 1. The van der Waals surface area contributed by atoms with Gasteiger partial charge in [-0.25, -0.2) is 0 Å². The summed E-state index contributed by atoms with van der Waals surface area (Å²) in [6, 6.07) is 11.4. The zero-order valence-corrected chi connectivity index (χ0v) is 17.4. The standard InChI is InChI=1S/C21H27N3O3S/c1-21(2,11-13-5-7-14(8-6-13)24(3)4)22-12-18(26)16-9-15(25)10-17-19(16)28-20(27)23-17/h5-10,18,22,25-26H,11-12H2,1-4H3,(H,23,27). The molecule has 2 aromatic carbocycles. The minimum Gasteiger partial charge on any atom is -0.508 e. The van der Waals surface area contributed by atoms with Gasteiger partial charge in [0.05, 0.1) is 16.3 Å². The molecule has 0 fully saturated rings. The third-order valence-electron chi connectivity index (χ3n) is 4.77. The molecule has 0 aliphatic heterocycles. The fraction of sp³-hybridized carbons (Fsp3) is 0.381. The van der Waals surface area contributed by atoms with Gasteiger partial charge in [0.25, 0.3) is 0 Å². The summed E-state index contributed by atoms with van der Waals surface area (Å²) in [5, 5.41) is 24.0. The van der Waals surface area contributed by atoms with Gasteiger partial charge in [0.2, 0.25) is 0 Å². The number of aromatic nitrogens is 1. The van der Waals surface area contributed by atoms with Crippen LogP contribution in [0, 0.1) is 0 Å². The molecule has 0 bridgehead atoms. The smallest absolute Gasteiger partial charge is 0.305 e. The van der Waals surface area contributed by atoms with E-state index in [0.717, 1.165) is 23.4 Å². The van der Waals surface area contributed by atoms with E-state index < -0.39 is 6.10 Å². The molecule has 1 heterocycles. The monoisotopic (exact) mass is 401 g/mol. The van der Waals surface area contributed by atoms with Crippen LogP contribution in [-0.4, -0.2) is 41.4 Å². The van der Waals surface area contributed by atoms with Crippen molar-refractivity contribution in [2.24, 2.45) is 0 Å². The van der Waals surface area contributed by atoms with Crippen LogP contribution in [0.5, 0.6) is 5.75 Å². The van der Waals surface area contributed by atoms with E-state index in [9.17, 15) is 15.0 Å². The Hall–Kier alpha value is -2.35. The first-order valence-corrected chi connectivity index (χ1v) is 10.0. The molecule has 0 saturated heterocycles. The normalized spacial score (nSPS) is 13.0. The summed E-state index contributed by atoms with van der Waals surface area (Å²) in [6.45, 7) is 4.49. The average molecular weight is 402 g/mol. The SMILES string of the molecule is CN(C)c1ccc(CC(C)(C)NCC(O)c2cc(O)cc3[nH]c(=O)sc23)cc1. The van der Waals surface area contributed by atoms with Gasteiger partial charge >= 0.3 is 4.87 Å². The zero-order valence-electron chi connectivity index (χ0n) is 16.6. The number of aliphatic hydroxyl groups is 1. The van der Waals surface area contributed by atoms with Gasteiger partial charge in [-0.1, -0.05) is 23.5 Å². The molecule has 7 heteroatoms. The van der Waals surface area contributed by atoms with Gasteiger partial charge in [-0.05, 0) is 44.0 Å². The molecule has 1 aromatic heterocycles. The van der Waals surface area contributed by atoms with Crippen molar-refractivity contribution in [3.8, 4) is 5.75 Å². The predicted molar refractivity (Wildman–Crippen MR) is 116 cm³/mol. The van der Waals surface area contributed by atoms with Crippen molar-refractivity contribution in [2.45, 2.75) is 31.9 Å². The number of phenolic OH excluding ortho intramolecular Hbond substituents is 1. The number of aromatic amines is 1. The second-order valence-electron chi connectivity index (χ2n) is 7.94. The Bertz CT molecular complexity index is 1010. The molecule has 0 amide bonds. The molecule has 4 N–H and O–H groups in total. The Morgan fingerprint density at radius 3 is 2.54 bits per heavy atom. The van der Waals surface area contributed by atoms with E-state index in [2.05, 4.69) is 53.3 Å². The maximum Gasteiger partial charge on any atom is 0.305 e. The highest BCUT2D eigenvalue weighted by Crippen LogP contribution is 2.30. The molecule has 28 heavy (non-hydrogen) atoms. The van der Waals surface area contributed by atoms with Crippen LogP contribution in [0.3, 0.4) is 0 Å². The summed E-state index contributed by atoms with van der Waals surface area (Å²) in [7, 11) is 4.03. The van der Waals surface area contributed by atoms with Crippen LogP contribution in [0.2, 0.25) is 0 Å². The van der Waals surface area contributed by atoms with E-state index >= 15 is 0 Å². The number of β-amino-alcohol motifs (C(OH)–C–C–N with tert-alkyl or cyclic N) is 1. The molecule has 0 aliphatic carbocycles. The Morgan fingerprint density at radius 1 is 1.21 bits per heavy atom. The van der Waals surface area contributed by atoms with Gasteiger partial charge in [-0.15, -0.1) is 0 Å². The summed E-state index contributed by atoms with van der Waals surface area (Å²) in [6.07, 6.45) is -0.0307. The Morgan fingerprint density at radius 2 is 1.89 bits per heavy atom. The first-order valence-electron chi connectivity index (χ1n) is 9.20. The second-order valence-corrected chi connectivity index (χ2v) is 8.93. The molecular formula is C21H27N3O3S. The zero-order chi connectivity index (χ0) is 20.5. The molecule has 0 saturated carbocycles. The summed E-state index contributed by atoms with van der Waals surface area (Å²) >= 11 is 1.04. The predicted octanol–water partition coefficient (Wildman–Crippen LogP) is 3.01. The van der Waals surface area contributed by atoms with Crippen LogP contribution in [0.25, 0.3) is 10.2 Å². The number of nitrogens with zero attached hydrogens (tertiary/aromatic N) is 1. The Balaban J connectivity index is 1.69. The van der Waals surface area contributed by atoms with Crippen molar-refractivity contribution in [3.05, 3.63) is 57.2 Å². The molecule has 0 aliphatic rings. The molecule has 150 valence electrons. The van der Waals surface area contributed by atoms with Gasteiger partial charge in [0, 0.05) is 43.5 Å². The van der Waals surface area contributed by atoms with Crippen LogP contribution >= 0.6 is 11.3 Å². The van der Waals surface area contributed by atoms with Crippen LogP contribution < -0.4 is 15.1 Å². The average Bonchev–Trinajstić information content (AvgIpc) is 2.99.